The molecule has 0 aliphatic heterocycles. The van der Waals surface area contributed by atoms with Crippen molar-refractivity contribution in [2.75, 3.05) is 13.1 Å². The summed E-state index contributed by atoms with van der Waals surface area (Å²) in [6.45, 7) is 2.42. The molecule has 1 N–H and O–H groups in total. The minimum Gasteiger partial charge on any atom is -0.480 e. The average molecular weight is 267 g/mol. The molecule has 0 aromatic rings. The van der Waals surface area contributed by atoms with Crippen molar-refractivity contribution in [2.45, 2.75) is 51.2 Å². The molecule has 0 bridgehead atoms. The highest BCUT2D eigenvalue weighted by atomic mass is 19.4. The van der Waals surface area contributed by atoms with Crippen LogP contribution in [-0.4, -0.2) is 41.3 Å². The molecular formula is C12H20F3NO2. The van der Waals surface area contributed by atoms with Crippen LogP contribution < -0.4 is 0 Å². The van der Waals surface area contributed by atoms with Gasteiger partial charge in [0.25, 0.3) is 0 Å². The van der Waals surface area contributed by atoms with Crippen LogP contribution in [0.2, 0.25) is 0 Å². The van der Waals surface area contributed by atoms with E-state index in [1.165, 1.54) is 0 Å². The third kappa shape index (κ3) is 6.83. The number of nitrogens with zero attached hydrogens (tertiary/aromatic N) is 1. The highest BCUT2D eigenvalue weighted by Crippen LogP contribution is 2.31. The van der Waals surface area contributed by atoms with Crippen molar-refractivity contribution in [1.29, 1.82) is 0 Å². The lowest BCUT2D eigenvalue weighted by molar-refractivity contribution is -0.140. The fourth-order valence-electron chi connectivity index (χ4n) is 1.99. The number of rotatable bonds is 8. The fourth-order valence-corrected chi connectivity index (χ4v) is 1.99. The lowest BCUT2D eigenvalue weighted by Gasteiger charge is -2.27. The van der Waals surface area contributed by atoms with Crippen molar-refractivity contribution in [1.82, 2.24) is 4.90 Å². The van der Waals surface area contributed by atoms with E-state index in [4.69, 9.17) is 5.11 Å². The first-order chi connectivity index (χ1) is 8.28. The van der Waals surface area contributed by atoms with E-state index in [2.05, 4.69) is 0 Å². The second kappa shape index (κ2) is 6.41. The van der Waals surface area contributed by atoms with Crippen LogP contribution in [-0.2, 0) is 4.79 Å². The zero-order valence-corrected chi connectivity index (χ0v) is 10.5. The van der Waals surface area contributed by atoms with Crippen molar-refractivity contribution in [2.24, 2.45) is 5.92 Å². The van der Waals surface area contributed by atoms with Crippen LogP contribution in [0.4, 0.5) is 13.2 Å². The molecule has 106 valence electrons. The van der Waals surface area contributed by atoms with Crippen molar-refractivity contribution in [3.05, 3.63) is 0 Å². The summed E-state index contributed by atoms with van der Waals surface area (Å²) in [5, 5.41) is 8.80. The summed E-state index contributed by atoms with van der Waals surface area (Å²) in [6.07, 6.45) is -2.25. The first kappa shape index (κ1) is 15.3. The topological polar surface area (TPSA) is 40.5 Å². The summed E-state index contributed by atoms with van der Waals surface area (Å²) in [4.78, 5) is 12.5. The molecule has 6 heteroatoms. The third-order valence-electron chi connectivity index (χ3n) is 3.23. The minimum atomic E-state index is -4.12. The monoisotopic (exact) mass is 267 g/mol. The average Bonchev–Trinajstić information content (AvgIpc) is 2.97. The maximum absolute atomic E-state index is 12.0. The molecule has 1 saturated carbocycles. The Morgan fingerprint density at radius 2 is 2.06 bits per heavy atom. The van der Waals surface area contributed by atoms with Gasteiger partial charge in [-0.05, 0) is 38.5 Å². The number of carboxylic acid groups (broad SMARTS) is 1. The van der Waals surface area contributed by atoms with E-state index in [0.29, 0.717) is 18.9 Å². The molecule has 0 radical (unpaired) electrons. The molecule has 1 atom stereocenters. The molecule has 0 aromatic carbocycles. The highest BCUT2D eigenvalue weighted by molar-refractivity contribution is 5.69. The first-order valence-corrected chi connectivity index (χ1v) is 6.30. The number of alkyl halides is 3. The largest absolute Gasteiger partial charge is 0.480 e. The van der Waals surface area contributed by atoms with E-state index in [-0.39, 0.29) is 19.0 Å². The molecule has 0 spiro atoms. The zero-order chi connectivity index (χ0) is 13.8. The standard InChI is InChI=1S/C12H20F3NO2/c1-9(3-2-6-12(13,14)15)16(8-11(17)18)7-10-4-5-10/h9-10H,2-8H2,1H3,(H,17,18). The van der Waals surface area contributed by atoms with Gasteiger partial charge in [0.15, 0.2) is 0 Å². The van der Waals surface area contributed by atoms with Crippen molar-refractivity contribution >= 4 is 5.97 Å². The number of halogens is 3. The van der Waals surface area contributed by atoms with E-state index in [1.807, 2.05) is 6.92 Å². The molecule has 0 aromatic heterocycles. The van der Waals surface area contributed by atoms with E-state index < -0.39 is 18.6 Å². The Balaban J connectivity index is 2.32. The molecule has 0 saturated heterocycles. The second-order valence-corrected chi connectivity index (χ2v) is 5.12. The molecule has 1 aliphatic carbocycles. The predicted molar refractivity (Wildman–Crippen MR) is 61.3 cm³/mol. The van der Waals surface area contributed by atoms with Crippen molar-refractivity contribution < 1.29 is 23.1 Å². The summed E-state index contributed by atoms with van der Waals surface area (Å²) >= 11 is 0. The molecular weight excluding hydrogens is 247 g/mol. The van der Waals surface area contributed by atoms with E-state index in [1.54, 1.807) is 4.90 Å². The van der Waals surface area contributed by atoms with Crippen LogP contribution >= 0.6 is 0 Å². The van der Waals surface area contributed by atoms with Crippen LogP contribution in [0.1, 0.15) is 39.0 Å². The van der Waals surface area contributed by atoms with Gasteiger partial charge in [-0.1, -0.05) is 0 Å². The Kier molecular flexibility index (Phi) is 5.44. The molecule has 1 rings (SSSR count). The zero-order valence-electron chi connectivity index (χ0n) is 10.5. The Labute approximate surface area is 105 Å². The van der Waals surface area contributed by atoms with Crippen LogP contribution in [0, 0.1) is 5.92 Å². The summed E-state index contributed by atoms with van der Waals surface area (Å²) in [5.41, 5.74) is 0. The van der Waals surface area contributed by atoms with Gasteiger partial charge in [0, 0.05) is 19.0 Å². The molecule has 1 aliphatic rings. The molecule has 1 unspecified atom stereocenters. The number of carboxylic acids is 1. The molecule has 18 heavy (non-hydrogen) atoms. The number of hydrogen-bond acceptors (Lipinski definition) is 2. The molecule has 0 amide bonds. The highest BCUT2D eigenvalue weighted by Gasteiger charge is 2.29. The molecule has 3 nitrogen and oxygen atoms in total. The predicted octanol–water partition coefficient (Wildman–Crippen LogP) is 2.90. The second-order valence-electron chi connectivity index (χ2n) is 5.12. The van der Waals surface area contributed by atoms with Gasteiger partial charge >= 0.3 is 12.1 Å². The van der Waals surface area contributed by atoms with Gasteiger partial charge in [-0.2, -0.15) is 13.2 Å². The molecule has 1 fully saturated rings. The van der Waals surface area contributed by atoms with E-state index in [9.17, 15) is 18.0 Å². The Hall–Kier alpha value is -0.780. The van der Waals surface area contributed by atoms with Gasteiger partial charge in [-0.25, -0.2) is 0 Å². The third-order valence-corrected chi connectivity index (χ3v) is 3.23. The normalized spacial score (nSPS) is 18.1. The number of hydrogen-bond donors (Lipinski definition) is 1. The van der Waals surface area contributed by atoms with Gasteiger partial charge in [0.1, 0.15) is 0 Å². The van der Waals surface area contributed by atoms with Gasteiger partial charge < -0.3 is 5.11 Å². The maximum Gasteiger partial charge on any atom is 0.389 e. The summed E-state index contributed by atoms with van der Waals surface area (Å²) in [6, 6.07) is -0.107. The van der Waals surface area contributed by atoms with Crippen LogP contribution in [0.15, 0.2) is 0 Å². The molecule has 0 heterocycles. The minimum absolute atomic E-state index is 0.0610. The van der Waals surface area contributed by atoms with Crippen LogP contribution in [0.25, 0.3) is 0 Å². The Morgan fingerprint density at radius 1 is 1.44 bits per heavy atom. The Bertz CT molecular complexity index is 277. The fraction of sp³-hybridized carbons (Fsp3) is 0.917. The van der Waals surface area contributed by atoms with E-state index in [0.717, 1.165) is 12.8 Å². The van der Waals surface area contributed by atoms with Crippen LogP contribution in [0.5, 0.6) is 0 Å². The lowest BCUT2D eigenvalue weighted by Crippen LogP contribution is -2.39. The smallest absolute Gasteiger partial charge is 0.389 e. The maximum atomic E-state index is 12.0. The number of carbonyl (C=O) groups is 1. The van der Waals surface area contributed by atoms with Gasteiger partial charge in [-0.3, -0.25) is 9.69 Å². The quantitative estimate of drug-likeness (QED) is 0.735. The number of aliphatic carboxylic acids is 1. The first-order valence-electron chi connectivity index (χ1n) is 6.30. The van der Waals surface area contributed by atoms with Crippen LogP contribution in [0.3, 0.4) is 0 Å². The van der Waals surface area contributed by atoms with Gasteiger partial charge in [0.05, 0.1) is 6.54 Å². The van der Waals surface area contributed by atoms with Gasteiger partial charge in [-0.15, -0.1) is 0 Å². The lowest BCUT2D eigenvalue weighted by atomic mass is 10.1. The van der Waals surface area contributed by atoms with Crippen molar-refractivity contribution in [3.63, 3.8) is 0 Å². The summed E-state index contributed by atoms with van der Waals surface area (Å²) < 4.78 is 36.1. The SMILES string of the molecule is CC(CCCC(F)(F)F)N(CC(=O)O)CC1CC1. The summed E-state index contributed by atoms with van der Waals surface area (Å²) in [5.74, 6) is -0.382. The van der Waals surface area contributed by atoms with Crippen molar-refractivity contribution in [3.8, 4) is 0 Å². The Morgan fingerprint density at radius 3 is 2.50 bits per heavy atom. The van der Waals surface area contributed by atoms with E-state index >= 15 is 0 Å². The summed E-state index contributed by atoms with van der Waals surface area (Å²) in [7, 11) is 0. The van der Waals surface area contributed by atoms with Gasteiger partial charge in [0.2, 0.25) is 0 Å².